The summed E-state index contributed by atoms with van der Waals surface area (Å²) < 4.78 is 5.45. The van der Waals surface area contributed by atoms with E-state index in [1.54, 1.807) is 6.07 Å². The van der Waals surface area contributed by atoms with Gasteiger partial charge in [-0.2, -0.15) is 0 Å². The molecular formula is C20H26O5. The lowest BCUT2D eigenvalue weighted by atomic mass is 9.55. The van der Waals surface area contributed by atoms with Gasteiger partial charge in [0, 0.05) is 12.3 Å². The van der Waals surface area contributed by atoms with Gasteiger partial charge >= 0.3 is 5.97 Å². The van der Waals surface area contributed by atoms with Gasteiger partial charge in [-0.3, -0.25) is 4.79 Å². The highest BCUT2D eigenvalue weighted by atomic mass is 16.6. The first-order chi connectivity index (χ1) is 11.8. The van der Waals surface area contributed by atoms with Crippen molar-refractivity contribution >= 4 is 5.97 Å². The Labute approximate surface area is 147 Å². The Hall–Kier alpha value is -1.59. The lowest BCUT2D eigenvalue weighted by molar-refractivity contribution is -0.161. The number of carbonyl (C=O) groups is 1. The van der Waals surface area contributed by atoms with Gasteiger partial charge < -0.3 is 20.1 Å². The molecule has 25 heavy (non-hydrogen) atoms. The number of carbonyl (C=O) groups excluding carboxylic acids is 1. The molecule has 3 aliphatic rings. The quantitative estimate of drug-likeness (QED) is 0.678. The Bertz CT molecular complexity index is 701. The van der Waals surface area contributed by atoms with Crippen LogP contribution in [0.25, 0.3) is 0 Å². The highest BCUT2D eigenvalue weighted by Gasteiger charge is 2.64. The molecule has 4 rings (SSSR count). The number of hydrogen-bond donors (Lipinski definition) is 3. The van der Waals surface area contributed by atoms with Crippen molar-refractivity contribution in [2.24, 2.45) is 17.3 Å². The van der Waals surface area contributed by atoms with Gasteiger partial charge in [0.2, 0.25) is 0 Å². The summed E-state index contributed by atoms with van der Waals surface area (Å²) in [7, 11) is 0. The first kappa shape index (κ1) is 16.9. The van der Waals surface area contributed by atoms with Crippen molar-refractivity contribution in [1.29, 1.82) is 0 Å². The smallest absolute Gasteiger partial charge is 0.303 e. The SMILES string of the molecule is CC(=O)O[C@@H]1[C@H](O)[C@H](O)[C@H]2[C@@H]3CCc4cc(O)ccc4[C@H]3CC[C@@]21C. The van der Waals surface area contributed by atoms with Gasteiger partial charge in [-0.25, -0.2) is 0 Å². The minimum Gasteiger partial charge on any atom is -0.508 e. The molecule has 0 saturated heterocycles. The van der Waals surface area contributed by atoms with E-state index >= 15 is 0 Å². The van der Waals surface area contributed by atoms with Crippen LogP contribution < -0.4 is 0 Å². The zero-order valence-corrected chi connectivity index (χ0v) is 14.7. The summed E-state index contributed by atoms with van der Waals surface area (Å²) in [5.74, 6) is 0.364. The molecule has 0 radical (unpaired) electrons. The zero-order valence-electron chi connectivity index (χ0n) is 14.7. The standard InChI is InChI=1S/C20H26O5/c1-10(21)25-19-18(24)17(23)16-15-5-3-11-9-12(22)4-6-13(11)14(15)7-8-20(16,19)2/h4,6,9,14-19,22-24H,3,5,7-8H2,1-2H3/t14-,15-,16-,17-,18-,19-,20+/m1/s1. The molecule has 0 unspecified atom stereocenters. The Morgan fingerprint density at radius 2 is 2.00 bits per heavy atom. The van der Waals surface area contributed by atoms with Gasteiger partial charge in [-0.15, -0.1) is 0 Å². The highest BCUT2D eigenvalue weighted by molar-refractivity contribution is 5.66. The Kier molecular flexibility index (Phi) is 3.85. The third-order valence-corrected chi connectivity index (χ3v) is 6.98. The normalized spacial score (nSPS) is 42.2. The van der Waals surface area contributed by atoms with Crippen LogP contribution in [0.1, 0.15) is 50.2 Å². The molecule has 1 aromatic carbocycles. The summed E-state index contributed by atoms with van der Waals surface area (Å²) in [5.41, 5.74) is 2.04. The number of aliphatic hydroxyl groups excluding tert-OH is 2. The molecule has 5 heteroatoms. The molecule has 2 saturated carbocycles. The second-order valence-corrected chi connectivity index (χ2v) is 8.27. The number of fused-ring (bicyclic) bond motifs is 5. The molecule has 7 atom stereocenters. The summed E-state index contributed by atoms with van der Waals surface area (Å²) in [6.07, 6.45) is 0.959. The number of benzene rings is 1. The third-order valence-electron chi connectivity index (χ3n) is 6.98. The fraction of sp³-hybridized carbons (Fsp3) is 0.650. The Balaban J connectivity index is 1.70. The maximum Gasteiger partial charge on any atom is 0.303 e. The lowest BCUT2D eigenvalue weighted by Crippen LogP contribution is -2.47. The van der Waals surface area contributed by atoms with E-state index < -0.39 is 29.7 Å². The van der Waals surface area contributed by atoms with Gasteiger partial charge in [0.1, 0.15) is 18.0 Å². The average Bonchev–Trinajstić information content (AvgIpc) is 2.75. The highest BCUT2D eigenvalue weighted by Crippen LogP contribution is 2.61. The van der Waals surface area contributed by atoms with Gasteiger partial charge in [0.05, 0.1) is 6.10 Å². The molecule has 0 bridgehead atoms. The topological polar surface area (TPSA) is 87.0 Å². The maximum absolute atomic E-state index is 11.5. The van der Waals surface area contributed by atoms with Crippen LogP contribution in [-0.2, 0) is 16.0 Å². The van der Waals surface area contributed by atoms with E-state index in [0.29, 0.717) is 11.7 Å². The van der Waals surface area contributed by atoms with E-state index in [-0.39, 0.29) is 11.8 Å². The maximum atomic E-state index is 11.5. The van der Waals surface area contributed by atoms with Crippen molar-refractivity contribution in [2.45, 2.75) is 63.8 Å². The number of phenols is 1. The summed E-state index contributed by atoms with van der Waals surface area (Å²) in [5, 5.41) is 31.1. The molecule has 0 amide bonds. The van der Waals surface area contributed by atoms with E-state index in [1.165, 1.54) is 18.1 Å². The number of ether oxygens (including phenoxy) is 1. The zero-order chi connectivity index (χ0) is 17.9. The molecule has 136 valence electrons. The number of hydrogen-bond acceptors (Lipinski definition) is 5. The molecule has 0 aliphatic heterocycles. The predicted molar refractivity (Wildman–Crippen MR) is 91.1 cm³/mol. The second-order valence-electron chi connectivity index (χ2n) is 8.27. The molecule has 5 nitrogen and oxygen atoms in total. The molecule has 0 aromatic heterocycles. The van der Waals surface area contributed by atoms with E-state index in [9.17, 15) is 20.1 Å². The van der Waals surface area contributed by atoms with E-state index in [2.05, 4.69) is 0 Å². The molecule has 0 heterocycles. The molecule has 2 fully saturated rings. The van der Waals surface area contributed by atoms with Crippen LogP contribution >= 0.6 is 0 Å². The molecule has 0 spiro atoms. The second kappa shape index (κ2) is 5.71. The van der Waals surface area contributed by atoms with Gasteiger partial charge in [-0.05, 0) is 66.7 Å². The van der Waals surface area contributed by atoms with E-state index in [0.717, 1.165) is 25.7 Å². The minimum atomic E-state index is -1.03. The van der Waals surface area contributed by atoms with E-state index in [1.807, 2.05) is 19.1 Å². The number of aryl methyl sites for hydroxylation is 1. The summed E-state index contributed by atoms with van der Waals surface area (Å²) in [6.45, 7) is 3.40. The van der Waals surface area contributed by atoms with Crippen LogP contribution in [0, 0.1) is 17.3 Å². The fourth-order valence-corrected chi connectivity index (χ4v) is 5.99. The van der Waals surface area contributed by atoms with Crippen LogP contribution in [0.4, 0.5) is 0 Å². The number of aromatic hydroxyl groups is 1. The van der Waals surface area contributed by atoms with Gasteiger partial charge in [0.15, 0.2) is 0 Å². The predicted octanol–water partition coefficient (Wildman–Crippen LogP) is 2.12. The number of rotatable bonds is 1. The van der Waals surface area contributed by atoms with Crippen molar-refractivity contribution in [3.8, 4) is 5.75 Å². The minimum absolute atomic E-state index is 0.0902. The summed E-state index contributed by atoms with van der Waals surface area (Å²) >= 11 is 0. The van der Waals surface area contributed by atoms with Crippen LogP contribution in [0.5, 0.6) is 5.75 Å². The first-order valence-corrected chi connectivity index (χ1v) is 9.18. The van der Waals surface area contributed by atoms with Gasteiger partial charge in [0.25, 0.3) is 0 Å². The largest absolute Gasteiger partial charge is 0.508 e. The van der Waals surface area contributed by atoms with Gasteiger partial charge in [-0.1, -0.05) is 13.0 Å². The number of aliphatic hydroxyl groups is 2. The van der Waals surface area contributed by atoms with Crippen molar-refractivity contribution < 1.29 is 24.9 Å². The van der Waals surface area contributed by atoms with Crippen molar-refractivity contribution in [1.82, 2.24) is 0 Å². The van der Waals surface area contributed by atoms with Crippen molar-refractivity contribution in [3.63, 3.8) is 0 Å². The summed E-state index contributed by atoms with van der Waals surface area (Å²) in [4.78, 5) is 11.5. The van der Waals surface area contributed by atoms with E-state index in [4.69, 9.17) is 4.74 Å². The molecular weight excluding hydrogens is 320 g/mol. The fourth-order valence-electron chi connectivity index (χ4n) is 5.99. The molecule has 3 aliphatic carbocycles. The average molecular weight is 346 g/mol. The van der Waals surface area contributed by atoms with Crippen LogP contribution in [0.15, 0.2) is 18.2 Å². The Morgan fingerprint density at radius 1 is 1.24 bits per heavy atom. The molecule has 1 aromatic rings. The van der Waals surface area contributed by atoms with Crippen LogP contribution in [0.3, 0.4) is 0 Å². The third kappa shape index (κ3) is 2.40. The summed E-state index contributed by atoms with van der Waals surface area (Å²) in [6, 6.07) is 5.59. The van der Waals surface area contributed by atoms with Crippen molar-refractivity contribution in [2.75, 3.05) is 0 Å². The first-order valence-electron chi connectivity index (χ1n) is 9.18. The monoisotopic (exact) mass is 346 g/mol. The lowest BCUT2D eigenvalue weighted by Gasteiger charge is -2.50. The van der Waals surface area contributed by atoms with Crippen LogP contribution in [-0.4, -0.2) is 39.6 Å². The van der Waals surface area contributed by atoms with Crippen LogP contribution in [0.2, 0.25) is 0 Å². The number of phenolic OH excluding ortho intramolecular Hbond substituents is 1. The van der Waals surface area contributed by atoms with Crippen molar-refractivity contribution in [3.05, 3.63) is 29.3 Å². The number of esters is 1. The molecule has 3 N–H and O–H groups in total. The Morgan fingerprint density at radius 3 is 2.72 bits per heavy atom.